The number of nitrogens with zero attached hydrogens (tertiary/aromatic N) is 9. The van der Waals surface area contributed by atoms with Gasteiger partial charge in [-0.1, -0.05) is 44.2 Å². The molecule has 25 nitrogen and oxygen atoms in total. The molecule has 0 fully saturated rings. The van der Waals surface area contributed by atoms with Crippen molar-refractivity contribution < 1.29 is 53.6 Å². The van der Waals surface area contributed by atoms with Crippen molar-refractivity contribution in [2.75, 3.05) is 20.7 Å². The highest BCUT2D eigenvalue weighted by Crippen LogP contribution is 2.40. The average molecular weight is 1320 g/mol. The Bertz CT molecular complexity index is 4090. The Morgan fingerprint density at radius 2 is 1.38 bits per heavy atom. The SMILES string of the molecule is CNC(=O)C[C@@H]1NC(=O)c2csc(n2)-c2ccc(-c3nc(-n4cc(CCCC(=O)O)nc4CCCC(=O)O)cs3)nc2-c2csc(n2)-c2csc(n2)[C@H]([C@@H](O)c2ccccc2)NC(=O)CNC(=O)c2nc(sc2COC)C(C(C)C)NC(=O)c2nc1sc2C. The molecule has 9 heterocycles. The Morgan fingerprint density at radius 1 is 0.685 bits per heavy atom. The lowest BCUT2D eigenvalue weighted by atomic mass is 10.0. The molecule has 9 aromatic rings. The van der Waals surface area contributed by atoms with Crippen LogP contribution in [0.4, 0.5) is 0 Å². The standard InChI is InChI=1S/C58H58N14O11S6/c1-27(2)44-58-71-47(37(89-58)22-83-5)51(81)60-20-41(74)68-48(49(79)29-11-7-6-8-12-29)57-66-36(25-86-57)55-64-34(23-85-55)46-31(53-65-35(24-84-53)50(80)63-33(19-40(73)59-4)56-70-45(28(3)88-56)52(82)69-44)17-18-32(62-46)54-67-39(26-87-54)72-21-30(13-9-15-42(75)76)61-38(72)14-10-16-43(77)78/h6-8,11-12,17-18,21,23-27,33,44,48-49,79H,9-10,13-16,19-20,22H2,1-5H3,(H,59,73)(H,60,81)(H,63,80)(H,68,74)(H,69,82)(H,75,76)(H,77,78)/t33-,44?,48-,49-/m0/s1. The van der Waals surface area contributed by atoms with Crippen LogP contribution in [0.3, 0.4) is 0 Å². The van der Waals surface area contributed by atoms with E-state index < -0.39 is 72.2 Å². The first-order valence-corrected chi connectivity index (χ1v) is 32.9. The van der Waals surface area contributed by atoms with E-state index in [9.17, 15) is 48.9 Å². The third-order valence-corrected chi connectivity index (χ3v) is 19.6. The monoisotopic (exact) mass is 1320 g/mol. The number of imidazole rings is 1. The van der Waals surface area contributed by atoms with Gasteiger partial charge < -0.3 is 46.6 Å². The maximum absolute atomic E-state index is 14.4. The van der Waals surface area contributed by atoms with E-state index in [4.69, 9.17) is 44.6 Å². The lowest BCUT2D eigenvalue weighted by Crippen LogP contribution is -2.40. The number of hydrogen-bond donors (Lipinski definition) is 8. The van der Waals surface area contributed by atoms with E-state index in [2.05, 4.69) is 26.6 Å². The van der Waals surface area contributed by atoms with Crippen LogP contribution in [0.5, 0.6) is 0 Å². The topological polar surface area (TPSA) is 358 Å². The first-order valence-electron chi connectivity index (χ1n) is 27.8. The Balaban J connectivity index is 1.05. The Hall–Kier alpha value is -8.43. The summed E-state index contributed by atoms with van der Waals surface area (Å²) in [7, 11) is 2.93. The second-order valence-electron chi connectivity index (χ2n) is 20.7. The molecular weight excluding hydrogens is 1260 g/mol. The summed E-state index contributed by atoms with van der Waals surface area (Å²) >= 11 is 7.21. The molecule has 5 amide bonds. The molecule has 10 rings (SSSR count). The van der Waals surface area contributed by atoms with Crippen molar-refractivity contribution in [3.63, 3.8) is 0 Å². The van der Waals surface area contributed by atoms with Crippen LogP contribution in [-0.4, -0.2) is 122 Å². The third-order valence-electron chi connectivity index (χ3n) is 13.9. The molecule has 0 saturated heterocycles. The van der Waals surface area contributed by atoms with Gasteiger partial charge in [-0.3, -0.25) is 38.1 Å². The first-order chi connectivity index (χ1) is 42.8. The number of fused-ring (bicyclic) bond motifs is 14. The van der Waals surface area contributed by atoms with E-state index in [1.807, 2.05) is 19.2 Å². The molecule has 0 radical (unpaired) electrons. The molecule has 8 aromatic heterocycles. The van der Waals surface area contributed by atoms with Gasteiger partial charge in [0, 0.05) is 71.6 Å². The van der Waals surface area contributed by atoms with E-state index in [0.29, 0.717) is 112 Å². The van der Waals surface area contributed by atoms with Gasteiger partial charge in [-0.15, -0.1) is 68.0 Å². The summed E-state index contributed by atoms with van der Waals surface area (Å²) in [6.07, 6.45) is 1.50. The maximum atomic E-state index is 14.4. The fourth-order valence-electron chi connectivity index (χ4n) is 9.47. The van der Waals surface area contributed by atoms with Gasteiger partial charge in [0.2, 0.25) is 11.8 Å². The summed E-state index contributed by atoms with van der Waals surface area (Å²) in [5, 5.41) is 54.0. The van der Waals surface area contributed by atoms with E-state index in [0.717, 1.165) is 22.7 Å². The van der Waals surface area contributed by atoms with Crippen molar-refractivity contribution in [1.29, 1.82) is 0 Å². The van der Waals surface area contributed by atoms with Crippen molar-refractivity contribution >= 4 is 109 Å². The minimum Gasteiger partial charge on any atom is -0.481 e. The van der Waals surface area contributed by atoms with E-state index in [1.54, 1.807) is 76.3 Å². The quantitative estimate of drug-likeness (QED) is 0.0424. The molecule has 1 aliphatic heterocycles. The molecule has 10 bridgehead atoms. The van der Waals surface area contributed by atoms with Gasteiger partial charge in [-0.05, 0) is 49.8 Å². The number of thiazole rings is 6. The van der Waals surface area contributed by atoms with Crippen LogP contribution in [0, 0.1) is 12.8 Å². The van der Waals surface area contributed by atoms with Crippen LogP contribution in [0.2, 0.25) is 0 Å². The van der Waals surface area contributed by atoms with E-state index in [-0.39, 0.29) is 53.9 Å². The van der Waals surface area contributed by atoms with Crippen LogP contribution in [-0.2, 0) is 43.4 Å². The minimum atomic E-state index is -1.29. The number of aliphatic carboxylic acids is 2. The molecule has 8 N–H and O–H groups in total. The lowest BCUT2D eigenvalue weighted by Gasteiger charge is -2.23. The number of pyridine rings is 1. The normalized spacial score (nSPS) is 16.1. The summed E-state index contributed by atoms with van der Waals surface area (Å²) < 4.78 is 7.23. The van der Waals surface area contributed by atoms with Gasteiger partial charge in [-0.2, -0.15) is 0 Å². The molecular formula is C58H58N14O11S6. The molecule has 1 aliphatic rings. The van der Waals surface area contributed by atoms with Crippen LogP contribution in [0.15, 0.2) is 70.2 Å². The van der Waals surface area contributed by atoms with Crippen molar-refractivity contribution in [3.8, 4) is 49.2 Å². The predicted molar refractivity (Wildman–Crippen MR) is 335 cm³/mol. The highest BCUT2D eigenvalue weighted by Gasteiger charge is 2.33. The number of rotatable bonds is 17. The van der Waals surface area contributed by atoms with E-state index in [1.165, 1.54) is 59.5 Å². The minimum absolute atomic E-state index is 0.00611. The number of nitrogens with one attached hydrogen (secondary N) is 5. The first kappa shape index (κ1) is 63.6. The van der Waals surface area contributed by atoms with Crippen LogP contribution in [0.1, 0.15) is 144 Å². The number of hydrogen-bond acceptors (Lipinski definition) is 23. The van der Waals surface area contributed by atoms with Crippen molar-refractivity contribution in [3.05, 3.63) is 129 Å². The molecule has 0 aliphatic carbocycles. The maximum Gasteiger partial charge on any atom is 0.303 e. The fraction of sp³-hybridized carbons (Fsp3) is 0.328. The zero-order chi connectivity index (χ0) is 63.0. The van der Waals surface area contributed by atoms with Gasteiger partial charge in [0.05, 0.1) is 47.9 Å². The van der Waals surface area contributed by atoms with Crippen LogP contribution < -0.4 is 26.6 Å². The highest BCUT2D eigenvalue weighted by molar-refractivity contribution is 7.15. The average Bonchev–Trinajstić information content (AvgIpc) is 1.83. The molecule has 89 heavy (non-hydrogen) atoms. The largest absolute Gasteiger partial charge is 0.481 e. The number of amides is 5. The van der Waals surface area contributed by atoms with Gasteiger partial charge in [-0.25, -0.2) is 39.9 Å². The number of carboxylic acid groups (broad SMARTS) is 2. The number of carbonyl (C=O) groups excluding carboxylic acids is 5. The molecule has 0 spiro atoms. The van der Waals surface area contributed by atoms with Crippen LogP contribution in [0.25, 0.3) is 49.2 Å². The molecule has 0 saturated carbocycles. The molecule has 4 atom stereocenters. The van der Waals surface area contributed by atoms with Gasteiger partial charge >= 0.3 is 11.9 Å². The molecule has 1 aromatic carbocycles. The zero-order valence-electron chi connectivity index (χ0n) is 48.3. The smallest absolute Gasteiger partial charge is 0.303 e. The Labute approximate surface area is 532 Å². The fourth-order valence-corrected chi connectivity index (χ4v) is 15.0. The Kier molecular flexibility index (Phi) is 20.3. The number of aromatic nitrogens is 9. The van der Waals surface area contributed by atoms with Gasteiger partial charge in [0.25, 0.3) is 17.7 Å². The third kappa shape index (κ3) is 15.0. The highest BCUT2D eigenvalue weighted by atomic mass is 32.1. The molecule has 1 unspecified atom stereocenters. The Morgan fingerprint density at radius 3 is 2.12 bits per heavy atom. The van der Waals surface area contributed by atoms with Gasteiger partial charge in [0.15, 0.2) is 0 Å². The summed E-state index contributed by atoms with van der Waals surface area (Å²) in [5.41, 5.74) is 3.29. The van der Waals surface area contributed by atoms with Crippen molar-refractivity contribution in [2.24, 2.45) is 5.92 Å². The van der Waals surface area contributed by atoms with E-state index >= 15 is 0 Å². The summed E-state index contributed by atoms with van der Waals surface area (Å²) in [5.74, 6) is -4.01. The molecule has 462 valence electrons. The number of benzene rings is 1. The summed E-state index contributed by atoms with van der Waals surface area (Å²) in [4.78, 5) is 133. The number of aliphatic hydroxyl groups excluding tert-OH is 1. The number of carbonyl (C=O) groups is 7. The number of ether oxygens (including phenoxy) is 1. The summed E-state index contributed by atoms with van der Waals surface area (Å²) in [6, 6.07) is 9.47. The predicted octanol–water partition coefficient (Wildman–Crippen LogP) is 8.31. The second-order valence-corrected chi connectivity index (χ2v) is 26.5. The number of aryl methyl sites for hydroxylation is 3. The van der Waals surface area contributed by atoms with Crippen LogP contribution >= 0.6 is 68.0 Å². The number of carboxylic acids is 2. The molecule has 31 heteroatoms. The second kappa shape index (κ2) is 28.4. The zero-order valence-corrected chi connectivity index (χ0v) is 53.2. The number of aliphatic hydroxyl groups is 1. The number of methoxy groups -OCH3 is 1. The van der Waals surface area contributed by atoms with Crippen molar-refractivity contribution in [1.82, 2.24) is 71.0 Å². The lowest BCUT2D eigenvalue weighted by molar-refractivity contribution is -0.138. The van der Waals surface area contributed by atoms with Crippen molar-refractivity contribution in [2.45, 2.75) is 96.6 Å². The van der Waals surface area contributed by atoms with Gasteiger partial charge in [0.1, 0.15) is 88.0 Å². The summed E-state index contributed by atoms with van der Waals surface area (Å²) in [6.45, 7) is 4.93.